The second-order valence-corrected chi connectivity index (χ2v) is 21.7. The van der Waals surface area contributed by atoms with Crippen molar-refractivity contribution >= 4 is 6.29 Å². The standard InChI is InChI=1S/C47H77O5.CH3.V.W.Y/c1-14-37-29(4)27(2)31(6)41(50-37)52-40-30(5)28(3)33(8)49-42(40)51-38-18-19-44(11)34(32(38)7)17-20-46(13)39(44)16-15-35-36-25-43(9,10)21-23-47(36,26-48)24-22-45(35,46)12;;;;/h24,27-31,33-42H,14-23,25H2,1-13H3;1H3;;;/q-3;-1;;;/t27-,28+,29+,30-,31?,33?,34-,35?,36?,37?,38-,39?,40?,41-,42-,44?,45?,46?,47+;;;;/m0..../s1. The van der Waals surface area contributed by atoms with Crippen LogP contribution in [0.4, 0.5) is 0 Å². The van der Waals surface area contributed by atoms with Crippen molar-refractivity contribution in [2.75, 3.05) is 0 Å². The molecule has 2 aliphatic heterocycles. The van der Waals surface area contributed by atoms with Gasteiger partial charge in [0.1, 0.15) is 6.10 Å². The van der Waals surface area contributed by atoms with E-state index in [1.165, 1.54) is 38.5 Å². The summed E-state index contributed by atoms with van der Waals surface area (Å²) in [6, 6.07) is 0. The molecule has 0 spiro atoms. The Balaban J connectivity index is 0.00000210. The first-order valence-electron chi connectivity index (χ1n) is 22.0. The molecule has 320 valence electrons. The summed E-state index contributed by atoms with van der Waals surface area (Å²) < 4.78 is 27.7. The van der Waals surface area contributed by atoms with Crippen LogP contribution in [0.25, 0.3) is 0 Å². The molecule has 7 aliphatic rings. The molecule has 0 aromatic heterocycles. The van der Waals surface area contributed by atoms with Gasteiger partial charge in [-0.1, -0.05) is 125 Å². The molecular formula is C48H80O5VWY-4. The van der Waals surface area contributed by atoms with Crippen LogP contribution < -0.4 is 0 Å². The monoisotopic (exact) mass is 1060 g/mol. The summed E-state index contributed by atoms with van der Waals surface area (Å²) >= 11 is 0. The van der Waals surface area contributed by atoms with Gasteiger partial charge in [0, 0.05) is 78.2 Å². The van der Waals surface area contributed by atoms with Gasteiger partial charge in [0.25, 0.3) is 0 Å². The fraction of sp³-hybridized carbons (Fsp3) is 0.917. The van der Waals surface area contributed by atoms with Crippen LogP contribution in [0.1, 0.15) is 161 Å². The Labute approximate surface area is 396 Å². The maximum atomic E-state index is 12.8. The van der Waals surface area contributed by atoms with Crippen LogP contribution in [0, 0.1) is 100 Å². The van der Waals surface area contributed by atoms with Crippen LogP contribution >= 0.6 is 0 Å². The van der Waals surface area contributed by atoms with E-state index in [4.69, 9.17) is 18.9 Å². The maximum Gasteiger partial charge on any atom is 0.182 e. The second-order valence-electron chi connectivity index (χ2n) is 21.7. The van der Waals surface area contributed by atoms with Gasteiger partial charge in [-0.05, 0) is 91.8 Å². The quantitative estimate of drug-likeness (QED) is 0.196. The van der Waals surface area contributed by atoms with Crippen molar-refractivity contribution in [1.29, 1.82) is 0 Å². The number of rotatable bonds is 6. The molecule has 56 heavy (non-hydrogen) atoms. The van der Waals surface area contributed by atoms with Gasteiger partial charge in [-0.3, -0.25) is 17.6 Å². The summed E-state index contributed by atoms with van der Waals surface area (Å²) in [5, 5.41) is 0. The summed E-state index contributed by atoms with van der Waals surface area (Å²) in [6.45, 7) is 31.4. The predicted molar refractivity (Wildman–Crippen MR) is 215 cm³/mol. The summed E-state index contributed by atoms with van der Waals surface area (Å²) in [6.07, 6.45) is 17.5. The van der Waals surface area contributed by atoms with Crippen molar-refractivity contribution in [3.63, 3.8) is 0 Å². The molecule has 5 saturated carbocycles. The Kier molecular flexibility index (Phi) is 17.7. The van der Waals surface area contributed by atoms with Gasteiger partial charge in [-0.15, -0.1) is 0 Å². The maximum absolute atomic E-state index is 12.8. The smallest absolute Gasteiger partial charge is 0.182 e. The molecule has 19 atom stereocenters. The van der Waals surface area contributed by atoms with Crippen molar-refractivity contribution in [2.45, 2.75) is 198 Å². The second kappa shape index (κ2) is 18.9. The third kappa shape index (κ3) is 8.36. The van der Waals surface area contributed by atoms with Crippen LogP contribution in [-0.4, -0.2) is 43.3 Å². The van der Waals surface area contributed by atoms with E-state index in [1.807, 2.05) is 0 Å². The van der Waals surface area contributed by atoms with E-state index in [-0.39, 0.29) is 132 Å². The average molecular weight is 1060 g/mol. The summed E-state index contributed by atoms with van der Waals surface area (Å²) in [5.74, 6) is 5.87. The van der Waals surface area contributed by atoms with Crippen molar-refractivity contribution in [1.82, 2.24) is 0 Å². The Bertz CT molecular complexity index is 1320. The number of ether oxygens (including phenoxy) is 4. The topological polar surface area (TPSA) is 54.0 Å². The summed E-state index contributed by atoms with van der Waals surface area (Å²) in [5.41, 5.74) is 0.718. The van der Waals surface area contributed by atoms with Gasteiger partial charge >= 0.3 is 0 Å². The van der Waals surface area contributed by atoms with Gasteiger partial charge in [0.15, 0.2) is 12.6 Å². The molecule has 10 unspecified atom stereocenters. The van der Waals surface area contributed by atoms with E-state index in [1.54, 1.807) is 5.92 Å². The van der Waals surface area contributed by atoms with Crippen LogP contribution in [0.15, 0.2) is 0 Å². The number of carbonyl (C=O) groups excluding carboxylic acids is 1. The Hall–Kier alpha value is 1.89. The number of hydrogen-bond acceptors (Lipinski definition) is 5. The van der Waals surface area contributed by atoms with E-state index < -0.39 is 6.29 Å². The fourth-order valence-electron chi connectivity index (χ4n) is 14.6. The fourth-order valence-corrected chi connectivity index (χ4v) is 14.6. The van der Waals surface area contributed by atoms with E-state index in [0.29, 0.717) is 58.7 Å². The van der Waals surface area contributed by atoms with Crippen molar-refractivity contribution in [3.8, 4) is 0 Å². The Morgan fingerprint density at radius 1 is 0.768 bits per heavy atom. The van der Waals surface area contributed by atoms with E-state index >= 15 is 0 Å². The Morgan fingerprint density at radius 3 is 2.09 bits per heavy atom. The average Bonchev–Trinajstić information content (AvgIpc) is 3.10. The van der Waals surface area contributed by atoms with Crippen LogP contribution in [-0.2, 0) is 96.1 Å². The van der Waals surface area contributed by atoms with E-state index in [0.717, 1.165) is 32.1 Å². The van der Waals surface area contributed by atoms with Gasteiger partial charge in [-0.25, -0.2) is 0 Å². The molecule has 2 radical (unpaired) electrons. The van der Waals surface area contributed by atoms with Crippen LogP contribution in [0.3, 0.4) is 0 Å². The Morgan fingerprint density at radius 2 is 1.45 bits per heavy atom. The van der Waals surface area contributed by atoms with Gasteiger partial charge in [-0.2, -0.15) is 19.3 Å². The minimum atomic E-state index is -0.397. The largest absolute Gasteiger partial charge is 0.544 e. The first-order chi connectivity index (χ1) is 24.4. The van der Waals surface area contributed by atoms with E-state index in [2.05, 4.69) is 103 Å². The molecule has 0 N–H and O–H groups in total. The van der Waals surface area contributed by atoms with Crippen LogP contribution in [0.5, 0.6) is 0 Å². The summed E-state index contributed by atoms with van der Waals surface area (Å²) in [4.78, 5) is 12.8. The van der Waals surface area contributed by atoms with Gasteiger partial charge < -0.3 is 37.6 Å². The molecule has 0 aromatic rings. The van der Waals surface area contributed by atoms with Crippen molar-refractivity contribution in [3.05, 3.63) is 19.8 Å². The minimum Gasteiger partial charge on any atom is -0.544 e. The first kappa shape index (κ1) is 52.2. The minimum absolute atomic E-state index is 0. The molecule has 0 amide bonds. The van der Waals surface area contributed by atoms with E-state index in [9.17, 15) is 4.79 Å². The SMILES string of the molecule is CCC1O[C@@H](OC2[C@H](O[C@H]3CCC4(C)C5CCC6C7CC(C)(C)CC[C@]7([C-]=O)[CH-]CC6(C)C5(C)CC[C@H]4[C-]3C)OC(C)[C@H](C)[C@@H]2C)C(C)[C@@H](C)[C@H]1C.[CH3-].[V].[W].[Y]. The molecule has 2 heterocycles. The van der Waals surface area contributed by atoms with Crippen LogP contribution in [0.2, 0.25) is 0 Å². The molecular weight excluding hydrogens is 980 g/mol. The molecule has 7 rings (SSSR count). The molecule has 2 saturated heterocycles. The van der Waals surface area contributed by atoms with Crippen molar-refractivity contribution in [2.24, 2.45) is 80.3 Å². The molecule has 5 aliphatic carbocycles. The molecule has 8 heteroatoms. The summed E-state index contributed by atoms with van der Waals surface area (Å²) in [7, 11) is 0. The molecule has 7 fully saturated rings. The van der Waals surface area contributed by atoms with Gasteiger partial charge in [0.2, 0.25) is 0 Å². The zero-order chi connectivity index (χ0) is 37.8. The number of hydrogen-bond donors (Lipinski definition) is 0. The number of fused-ring (bicyclic) bond motifs is 7. The predicted octanol–water partition coefficient (Wildman–Crippen LogP) is 11.6. The van der Waals surface area contributed by atoms with Gasteiger partial charge in [0.05, 0.1) is 12.2 Å². The zero-order valence-electron chi connectivity index (χ0n) is 38.0. The normalized spacial score (nSPS) is 52.4. The third-order valence-electron chi connectivity index (χ3n) is 19.1. The third-order valence-corrected chi connectivity index (χ3v) is 19.1. The zero-order valence-corrected chi connectivity index (χ0v) is 45.2. The van der Waals surface area contributed by atoms with Crippen molar-refractivity contribution < 1.29 is 96.1 Å². The molecule has 5 nitrogen and oxygen atoms in total. The molecule has 0 bridgehead atoms. The first-order valence-corrected chi connectivity index (χ1v) is 22.0. The molecule has 0 aromatic carbocycles.